The third-order valence-corrected chi connectivity index (χ3v) is 3.50. The van der Waals surface area contributed by atoms with Crippen LogP contribution < -0.4 is 9.47 Å². The number of ether oxygens (including phenoxy) is 2. The highest BCUT2D eigenvalue weighted by molar-refractivity contribution is 6.30. The van der Waals surface area contributed by atoms with E-state index in [9.17, 15) is 10.1 Å². The molecule has 0 spiro atoms. The van der Waals surface area contributed by atoms with Gasteiger partial charge in [-0.25, -0.2) is 0 Å². The molecule has 0 N–H and O–H groups in total. The van der Waals surface area contributed by atoms with Crippen LogP contribution in [-0.4, -0.2) is 12.6 Å². The quantitative estimate of drug-likeness (QED) is 0.813. The molecule has 2 aromatic carbocycles. The standard InChI is InChI=1S/C16H10ClNO3/c17-12-4-1-10(2-5-12)13(8-18)16(19)11-3-6-14-15(7-11)21-9-20-14/h1-7,13H,9H2. The number of rotatable bonds is 3. The number of carbonyl (C=O) groups is 1. The average Bonchev–Trinajstić information content (AvgIpc) is 2.97. The third-order valence-electron chi connectivity index (χ3n) is 3.25. The topological polar surface area (TPSA) is 59.3 Å². The van der Waals surface area contributed by atoms with Crippen molar-refractivity contribution < 1.29 is 14.3 Å². The number of benzene rings is 2. The molecule has 0 aromatic heterocycles. The Morgan fingerprint density at radius 1 is 1.14 bits per heavy atom. The van der Waals surface area contributed by atoms with Crippen LogP contribution in [0, 0.1) is 11.3 Å². The van der Waals surface area contributed by atoms with Gasteiger partial charge in [-0.3, -0.25) is 4.79 Å². The lowest BCUT2D eigenvalue weighted by Gasteiger charge is -2.09. The Morgan fingerprint density at radius 3 is 2.57 bits per heavy atom. The number of Topliss-reactive ketones (excluding diaryl/α,β-unsaturated/α-hetero) is 1. The molecule has 1 aliphatic rings. The second-order valence-corrected chi connectivity index (χ2v) is 4.98. The maximum atomic E-state index is 12.5. The number of carbonyl (C=O) groups excluding carboxylic acids is 1. The van der Waals surface area contributed by atoms with Crippen LogP contribution in [0.4, 0.5) is 0 Å². The third kappa shape index (κ3) is 2.56. The minimum absolute atomic E-state index is 0.145. The molecule has 104 valence electrons. The molecule has 2 aromatic rings. The monoisotopic (exact) mass is 299 g/mol. The molecule has 0 saturated carbocycles. The van der Waals surface area contributed by atoms with Crippen LogP contribution in [-0.2, 0) is 0 Å². The van der Waals surface area contributed by atoms with Crippen molar-refractivity contribution in [3.05, 3.63) is 58.6 Å². The number of hydrogen-bond donors (Lipinski definition) is 0. The highest BCUT2D eigenvalue weighted by atomic mass is 35.5. The zero-order valence-electron chi connectivity index (χ0n) is 10.9. The van der Waals surface area contributed by atoms with Gasteiger partial charge >= 0.3 is 0 Å². The van der Waals surface area contributed by atoms with Gasteiger partial charge in [-0.05, 0) is 35.9 Å². The summed E-state index contributed by atoms with van der Waals surface area (Å²) >= 11 is 5.82. The smallest absolute Gasteiger partial charge is 0.231 e. The Hall–Kier alpha value is -2.51. The van der Waals surface area contributed by atoms with E-state index >= 15 is 0 Å². The highest BCUT2D eigenvalue weighted by Crippen LogP contribution is 2.34. The summed E-state index contributed by atoms with van der Waals surface area (Å²) in [6.45, 7) is 0.145. The van der Waals surface area contributed by atoms with E-state index in [1.54, 1.807) is 42.5 Å². The Balaban J connectivity index is 1.92. The Morgan fingerprint density at radius 2 is 1.86 bits per heavy atom. The van der Waals surface area contributed by atoms with E-state index < -0.39 is 5.92 Å². The van der Waals surface area contributed by atoms with Gasteiger partial charge in [-0.2, -0.15) is 5.26 Å². The van der Waals surface area contributed by atoms with Gasteiger partial charge in [0.25, 0.3) is 0 Å². The van der Waals surface area contributed by atoms with Gasteiger partial charge in [0, 0.05) is 10.6 Å². The van der Waals surface area contributed by atoms with Crippen LogP contribution in [0.2, 0.25) is 5.02 Å². The highest BCUT2D eigenvalue weighted by Gasteiger charge is 2.24. The van der Waals surface area contributed by atoms with Gasteiger partial charge in [-0.15, -0.1) is 0 Å². The van der Waals surface area contributed by atoms with E-state index in [-0.39, 0.29) is 12.6 Å². The van der Waals surface area contributed by atoms with Crippen molar-refractivity contribution in [3.8, 4) is 17.6 Å². The molecule has 4 nitrogen and oxygen atoms in total. The fourth-order valence-corrected chi connectivity index (χ4v) is 2.28. The van der Waals surface area contributed by atoms with Crippen molar-refractivity contribution in [1.29, 1.82) is 5.26 Å². The number of hydrogen-bond acceptors (Lipinski definition) is 4. The molecule has 0 saturated heterocycles. The average molecular weight is 300 g/mol. The number of nitrogens with zero attached hydrogens (tertiary/aromatic N) is 1. The normalized spacial score (nSPS) is 13.5. The predicted molar refractivity (Wildman–Crippen MR) is 76.7 cm³/mol. The van der Waals surface area contributed by atoms with Crippen LogP contribution in [0.15, 0.2) is 42.5 Å². The first-order valence-corrected chi connectivity index (χ1v) is 6.66. The fraction of sp³-hybridized carbons (Fsp3) is 0.125. The summed E-state index contributed by atoms with van der Waals surface area (Å²) in [6.07, 6.45) is 0. The molecule has 0 radical (unpaired) electrons. The second kappa shape index (κ2) is 5.47. The zero-order chi connectivity index (χ0) is 14.8. The van der Waals surface area contributed by atoms with E-state index in [1.807, 2.05) is 6.07 Å². The summed E-state index contributed by atoms with van der Waals surface area (Å²) in [7, 11) is 0. The Kier molecular flexibility index (Phi) is 3.51. The number of halogens is 1. The molecule has 21 heavy (non-hydrogen) atoms. The van der Waals surface area contributed by atoms with Crippen LogP contribution >= 0.6 is 11.6 Å². The van der Waals surface area contributed by atoms with Crippen molar-refractivity contribution in [2.24, 2.45) is 0 Å². The van der Waals surface area contributed by atoms with Crippen molar-refractivity contribution in [2.45, 2.75) is 5.92 Å². The molecule has 5 heteroatoms. The molecule has 1 heterocycles. The van der Waals surface area contributed by atoms with Crippen LogP contribution in [0.5, 0.6) is 11.5 Å². The molecule has 0 bridgehead atoms. The van der Waals surface area contributed by atoms with Crippen molar-refractivity contribution >= 4 is 17.4 Å². The minimum Gasteiger partial charge on any atom is -0.454 e. The van der Waals surface area contributed by atoms with Gasteiger partial charge in [0.1, 0.15) is 5.92 Å². The summed E-state index contributed by atoms with van der Waals surface area (Å²) in [6, 6.07) is 13.6. The molecule has 1 unspecified atom stereocenters. The minimum atomic E-state index is -0.873. The summed E-state index contributed by atoms with van der Waals surface area (Å²) in [5, 5.41) is 9.88. The summed E-state index contributed by atoms with van der Waals surface area (Å²) in [5.41, 5.74) is 1.03. The Labute approximate surface area is 126 Å². The van der Waals surface area contributed by atoms with E-state index in [0.29, 0.717) is 27.6 Å². The maximum Gasteiger partial charge on any atom is 0.231 e. The maximum absolute atomic E-state index is 12.5. The molecular weight excluding hydrogens is 290 g/mol. The predicted octanol–water partition coefficient (Wildman–Crippen LogP) is 3.56. The number of nitriles is 1. The molecule has 1 aliphatic heterocycles. The van der Waals surface area contributed by atoms with Gasteiger partial charge < -0.3 is 9.47 Å². The lowest BCUT2D eigenvalue weighted by Crippen LogP contribution is -2.11. The Bertz CT molecular complexity index is 734. The first-order chi connectivity index (χ1) is 10.2. The number of fused-ring (bicyclic) bond motifs is 1. The SMILES string of the molecule is N#CC(C(=O)c1ccc2c(c1)OCO2)c1ccc(Cl)cc1. The van der Waals surface area contributed by atoms with Crippen LogP contribution in [0.3, 0.4) is 0 Å². The molecule has 0 amide bonds. The van der Waals surface area contributed by atoms with Crippen LogP contribution in [0.1, 0.15) is 21.8 Å². The number of ketones is 1. The van der Waals surface area contributed by atoms with Crippen LogP contribution in [0.25, 0.3) is 0 Å². The fourth-order valence-electron chi connectivity index (χ4n) is 2.16. The largest absolute Gasteiger partial charge is 0.454 e. The molecule has 1 atom stereocenters. The molecule has 0 aliphatic carbocycles. The van der Waals surface area contributed by atoms with E-state index in [4.69, 9.17) is 21.1 Å². The lowest BCUT2D eigenvalue weighted by molar-refractivity contribution is 0.0978. The second-order valence-electron chi connectivity index (χ2n) is 4.55. The van der Waals surface area contributed by atoms with Gasteiger partial charge in [0.2, 0.25) is 6.79 Å². The van der Waals surface area contributed by atoms with Gasteiger partial charge in [-0.1, -0.05) is 23.7 Å². The van der Waals surface area contributed by atoms with Crippen molar-refractivity contribution in [3.63, 3.8) is 0 Å². The summed E-state index contributed by atoms with van der Waals surface area (Å²) < 4.78 is 10.5. The molecule has 3 rings (SSSR count). The zero-order valence-corrected chi connectivity index (χ0v) is 11.6. The first-order valence-electron chi connectivity index (χ1n) is 6.28. The van der Waals surface area contributed by atoms with Gasteiger partial charge in [0.05, 0.1) is 6.07 Å². The van der Waals surface area contributed by atoms with E-state index in [2.05, 4.69) is 0 Å². The van der Waals surface area contributed by atoms with E-state index in [1.165, 1.54) is 0 Å². The summed E-state index contributed by atoms with van der Waals surface area (Å²) in [4.78, 5) is 12.5. The van der Waals surface area contributed by atoms with E-state index in [0.717, 1.165) is 0 Å². The van der Waals surface area contributed by atoms with Gasteiger partial charge in [0.15, 0.2) is 17.3 Å². The van der Waals surface area contributed by atoms with Crippen molar-refractivity contribution in [1.82, 2.24) is 0 Å². The first kappa shape index (κ1) is 13.5. The lowest BCUT2D eigenvalue weighted by atomic mass is 9.92. The van der Waals surface area contributed by atoms with Crippen molar-refractivity contribution in [2.75, 3.05) is 6.79 Å². The summed E-state index contributed by atoms with van der Waals surface area (Å²) in [5.74, 6) is -0.0269. The molecular formula is C16H10ClNO3. The molecule has 0 fully saturated rings.